The summed E-state index contributed by atoms with van der Waals surface area (Å²) in [6.07, 6.45) is 2.00. The van der Waals surface area contributed by atoms with Crippen LogP contribution in [-0.4, -0.2) is 25.0 Å². The van der Waals surface area contributed by atoms with Crippen LogP contribution < -0.4 is 10.6 Å². The van der Waals surface area contributed by atoms with Gasteiger partial charge in [0.25, 0.3) is 5.91 Å². The van der Waals surface area contributed by atoms with Crippen molar-refractivity contribution in [1.29, 1.82) is 0 Å². The van der Waals surface area contributed by atoms with Gasteiger partial charge in [0, 0.05) is 15.0 Å². The molecule has 1 saturated heterocycles. The van der Waals surface area contributed by atoms with Crippen molar-refractivity contribution in [2.24, 2.45) is 0 Å². The van der Waals surface area contributed by atoms with Gasteiger partial charge in [-0.1, -0.05) is 15.9 Å². The number of carbonyl (C=O) groups is 1. The fourth-order valence-corrected chi connectivity index (χ4v) is 3.13. The van der Waals surface area contributed by atoms with Gasteiger partial charge in [-0.2, -0.15) is 0 Å². The van der Waals surface area contributed by atoms with E-state index in [0.717, 1.165) is 34.9 Å². The van der Waals surface area contributed by atoms with E-state index in [1.807, 2.05) is 18.2 Å². The van der Waals surface area contributed by atoms with Crippen LogP contribution in [0.4, 0.5) is 0 Å². The van der Waals surface area contributed by atoms with Crippen LogP contribution in [0.25, 0.3) is 0 Å². The summed E-state index contributed by atoms with van der Waals surface area (Å²) >= 11 is 6.78. The molecule has 1 aliphatic rings. The quantitative estimate of drug-likeness (QED) is 0.804. The highest BCUT2D eigenvalue weighted by molar-refractivity contribution is 9.11. The molecule has 0 saturated carbocycles. The molecule has 1 heterocycles. The van der Waals surface area contributed by atoms with Gasteiger partial charge >= 0.3 is 0 Å². The lowest BCUT2D eigenvalue weighted by atomic mass is 10.1. The zero-order valence-electron chi connectivity index (χ0n) is 9.71. The van der Waals surface area contributed by atoms with Crippen molar-refractivity contribution >= 4 is 50.2 Å². The van der Waals surface area contributed by atoms with Crippen molar-refractivity contribution in [3.05, 3.63) is 32.7 Å². The lowest BCUT2D eigenvalue weighted by Gasteiger charge is -2.23. The average molecular weight is 399 g/mol. The van der Waals surface area contributed by atoms with Crippen LogP contribution in [0.3, 0.4) is 0 Å². The molecule has 0 aliphatic carbocycles. The number of halogens is 3. The second kappa shape index (κ2) is 7.48. The van der Waals surface area contributed by atoms with E-state index in [1.54, 1.807) is 0 Å². The van der Waals surface area contributed by atoms with E-state index in [-0.39, 0.29) is 18.3 Å². The molecule has 1 amide bonds. The van der Waals surface area contributed by atoms with Crippen molar-refractivity contribution in [2.45, 2.75) is 18.9 Å². The molecule has 2 rings (SSSR count). The minimum atomic E-state index is -0.00345. The molecule has 1 aliphatic heterocycles. The van der Waals surface area contributed by atoms with E-state index in [2.05, 4.69) is 42.5 Å². The number of rotatable bonds is 2. The van der Waals surface area contributed by atoms with Gasteiger partial charge in [-0.15, -0.1) is 12.4 Å². The Balaban J connectivity index is 0.00000162. The summed E-state index contributed by atoms with van der Waals surface area (Å²) in [5, 5.41) is 6.35. The van der Waals surface area contributed by atoms with Crippen LogP contribution in [0.15, 0.2) is 27.1 Å². The maximum Gasteiger partial charge on any atom is 0.252 e. The van der Waals surface area contributed by atoms with Crippen LogP contribution in [0.2, 0.25) is 0 Å². The fraction of sp³-hybridized carbons (Fsp3) is 0.417. The predicted molar refractivity (Wildman–Crippen MR) is 82.4 cm³/mol. The van der Waals surface area contributed by atoms with Gasteiger partial charge in [0.2, 0.25) is 0 Å². The molecule has 3 nitrogen and oxygen atoms in total. The Hall–Kier alpha value is -0.100. The largest absolute Gasteiger partial charge is 0.349 e. The molecule has 0 radical (unpaired) electrons. The molecule has 0 unspecified atom stereocenters. The summed E-state index contributed by atoms with van der Waals surface area (Å²) in [7, 11) is 0. The molecule has 2 N–H and O–H groups in total. The second-order valence-electron chi connectivity index (χ2n) is 4.12. The molecule has 1 aromatic rings. The lowest BCUT2D eigenvalue weighted by Crippen LogP contribution is -2.42. The van der Waals surface area contributed by atoms with E-state index in [9.17, 15) is 4.79 Å². The van der Waals surface area contributed by atoms with Gasteiger partial charge < -0.3 is 10.6 Å². The van der Waals surface area contributed by atoms with Gasteiger partial charge in [0.15, 0.2) is 0 Å². The van der Waals surface area contributed by atoms with E-state index >= 15 is 0 Å². The maximum absolute atomic E-state index is 12.1. The Morgan fingerprint density at radius 2 is 1.94 bits per heavy atom. The first kappa shape index (κ1) is 16.0. The standard InChI is InChI=1S/C12H14Br2N2O.ClH/c13-8-1-2-10(11(14)7-8)12(17)16-9-3-5-15-6-4-9;/h1-2,7,9,15H,3-6H2,(H,16,17);1H. The number of amides is 1. The molecule has 1 aromatic carbocycles. The SMILES string of the molecule is Cl.O=C(NC1CCNCC1)c1ccc(Br)cc1Br. The van der Waals surface area contributed by atoms with Crippen LogP contribution >= 0.6 is 44.3 Å². The van der Waals surface area contributed by atoms with Gasteiger partial charge in [0.1, 0.15) is 0 Å². The number of nitrogens with one attached hydrogen (secondary N) is 2. The van der Waals surface area contributed by atoms with Crippen LogP contribution in [0.1, 0.15) is 23.2 Å². The normalized spacial score (nSPS) is 15.9. The van der Waals surface area contributed by atoms with E-state index in [4.69, 9.17) is 0 Å². The van der Waals surface area contributed by atoms with Crippen molar-refractivity contribution < 1.29 is 4.79 Å². The van der Waals surface area contributed by atoms with Gasteiger partial charge in [-0.05, 0) is 60.1 Å². The van der Waals surface area contributed by atoms with Gasteiger partial charge in [-0.25, -0.2) is 0 Å². The third-order valence-corrected chi connectivity index (χ3v) is 4.00. The zero-order valence-corrected chi connectivity index (χ0v) is 13.7. The summed E-state index contributed by atoms with van der Waals surface area (Å²) in [4.78, 5) is 12.1. The molecule has 0 aromatic heterocycles. The predicted octanol–water partition coefficient (Wildman–Crippen LogP) is 3.12. The first-order chi connectivity index (χ1) is 8.16. The molecule has 100 valence electrons. The zero-order chi connectivity index (χ0) is 12.3. The molecule has 6 heteroatoms. The number of hydrogen-bond donors (Lipinski definition) is 2. The maximum atomic E-state index is 12.1. The molecule has 18 heavy (non-hydrogen) atoms. The summed E-state index contributed by atoms with van der Waals surface area (Å²) in [5.41, 5.74) is 0.687. The Kier molecular flexibility index (Phi) is 6.63. The van der Waals surface area contributed by atoms with E-state index < -0.39 is 0 Å². The molecule has 0 spiro atoms. The van der Waals surface area contributed by atoms with E-state index in [0.29, 0.717) is 11.6 Å². The molecule has 1 fully saturated rings. The smallest absolute Gasteiger partial charge is 0.252 e. The summed E-state index contributed by atoms with van der Waals surface area (Å²) in [6, 6.07) is 5.88. The molecular formula is C12H15Br2ClN2O. The summed E-state index contributed by atoms with van der Waals surface area (Å²) < 4.78 is 1.78. The fourth-order valence-electron chi connectivity index (χ4n) is 1.90. The van der Waals surface area contributed by atoms with Crippen molar-refractivity contribution in [3.8, 4) is 0 Å². The molecule has 0 atom stereocenters. The first-order valence-corrected chi connectivity index (χ1v) is 7.22. The van der Waals surface area contributed by atoms with Gasteiger partial charge in [0.05, 0.1) is 5.56 Å². The summed E-state index contributed by atoms with van der Waals surface area (Å²) in [6.45, 7) is 1.96. The van der Waals surface area contributed by atoms with Crippen LogP contribution in [0.5, 0.6) is 0 Å². The first-order valence-electron chi connectivity index (χ1n) is 5.63. The van der Waals surface area contributed by atoms with Crippen molar-refractivity contribution in [2.75, 3.05) is 13.1 Å². The summed E-state index contributed by atoms with van der Waals surface area (Å²) in [5.74, 6) is -0.00345. The number of piperidine rings is 1. The topological polar surface area (TPSA) is 41.1 Å². The third kappa shape index (κ3) is 4.23. The average Bonchev–Trinajstić information content (AvgIpc) is 2.30. The third-order valence-electron chi connectivity index (χ3n) is 2.85. The highest BCUT2D eigenvalue weighted by atomic mass is 79.9. The number of hydrogen-bond acceptors (Lipinski definition) is 2. The monoisotopic (exact) mass is 396 g/mol. The van der Waals surface area contributed by atoms with Crippen LogP contribution in [-0.2, 0) is 0 Å². The van der Waals surface area contributed by atoms with Crippen molar-refractivity contribution in [1.82, 2.24) is 10.6 Å². The number of benzene rings is 1. The highest BCUT2D eigenvalue weighted by Crippen LogP contribution is 2.22. The lowest BCUT2D eigenvalue weighted by molar-refractivity contribution is 0.0929. The molecular weight excluding hydrogens is 383 g/mol. The minimum Gasteiger partial charge on any atom is -0.349 e. The Bertz CT molecular complexity index is 423. The van der Waals surface area contributed by atoms with Crippen molar-refractivity contribution in [3.63, 3.8) is 0 Å². The second-order valence-corrected chi connectivity index (χ2v) is 5.89. The molecule has 0 bridgehead atoms. The minimum absolute atomic E-state index is 0. The van der Waals surface area contributed by atoms with E-state index in [1.165, 1.54) is 0 Å². The van der Waals surface area contributed by atoms with Crippen LogP contribution in [0, 0.1) is 0 Å². The van der Waals surface area contributed by atoms with Gasteiger partial charge in [-0.3, -0.25) is 4.79 Å². The Labute approximate surface area is 130 Å². The Morgan fingerprint density at radius 1 is 1.28 bits per heavy atom. The number of carbonyl (C=O) groups excluding carboxylic acids is 1. The highest BCUT2D eigenvalue weighted by Gasteiger charge is 2.17. The Morgan fingerprint density at radius 3 is 2.56 bits per heavy atom.